The zero-order chi connectivity index (χ0) is 18.8. The van der Waals surface area contributed by atoms with Gasteiger partial charge in [0.25, 0.3) is 0 Å². The summed E-state index contributed by atoms with van der Waals surface area (Å²) >= 11 is 0. The van der Waals surface area contributed by atoms with Crippen LogP contribution in [0.5, 0.6) is 5.75 Å². The molecule has 0 atom stereocenters. The lowest BCUT2D eigenvalue weighted by molar-refractivity contribution is -0.130. The lowest BCUT2D eigenvalue weighted by Gasteiger charge is -2.07. The number of esters is 1. The van der Waals surface area contributed by atoms with Crippen molar-refractivity contribution < 1.29 is 18.7 Å². The molecule has 0 amide bonds. The molecule has 3 aromatic rings. The zero-order valence-electron chi connectivity index (χ0n) is 14.6. The van der Waals surface area contributed by atoms with E-state index in [1.165, 1.54) is 6.07 Å². The van der Waals surface area contributed by atoms with E-state index in [1.54, 1.807) is 66.4 Å². The molecule has 2 heterocycles. The average molecular weight is 361 g/mol. The highest BCUT2D eigenvalue weighted by Crippen LogP contribution is 2.29. The van der Waals surface area contributed by atoms with Gasteiger partial charge in [0.05, 0.1) is 18.4 Å². The van der Waals surface area contributed by atoms with Crippen LogP contribution in [0.2, 0.25) is 0 Å². The van der Waals surface area contributed by atoms with Crippen molar-refractivity contribution in [3.63, 3.8) is 0 Å². The number of benzene rings is 2. The Morgan fingerprint density at radius 1 is 1.04 bits per heavy atom. The maximum Gasteiger partial charge on any atom is 0.343 e. The molecule has 2 aromatic carbocycles. The third-order valence-corrected chi connectivity index (χ3v) is 4.30. The maximum atomic E-state index is 14.1. The van der Waals surface area contributed by atoms with Crippen molar-refractivity contribution in [2.75, 3.05) is 7.11 Å². The van der Waals surface area contributed by atoms with Gasteiger partial charge in [0.1, 0.15) is 17.3 Å². The fraction of sp³-hybridized carbons (Fsp3) is 0.0455. The molecule has 27 heavy (non-hydrogen) atoms. The number of aromatic nitrogens is 1. The molecule has 1 aliphatic heterocycles. The minimum atomic E-state index is -0.442. The molecule has 0 N–H and O–H groups in total. The van der Waals surface area contributed by atoms with Gasteiger partial charge in [-0.1, -0.05) is 12.1 Å². The van der Waals surface area contributed by atoms with E-state index in [4.69, 9.17) is 9.47 Å². The molecule has 0 spiro atoms. The van der Waals surface area contributed by atoms with Crippen LogP contribution < -0.4 is 4.74 Å². The number of carbonyl (C=O) groups excluding carboxylic acids is 1. The third kappa shape index (κ3) is 3.27. The summed E-state index contributed by atoms with van der Waals surface area (Å²) in [5, 5.41) is 0. The van der Waals surface area contributed by atoms with Crippen molar-refractivity contribution in [2.45, 2.75) is 0 Å². The Morgan fingerprint density at radius 3 is 2.56 bits per heavy atom. The fourth-order valence-electron chi connectivity index (χ4n) is 2.92. The summed E-state index contributed by atoms with van der Waals surface area (Å²) in [5.74, 6) is 0.416. The first-order valence-corrected chi connectivity index (χ1v) is 8.38. The van der Waals surface area contributed by atoms with E-state index in [1.807, 2.05) is 18.2 Å². The van der Waals surface area contributed by atoms with Crippen LogP contribution >= 0.6 is 0 Å². The van der Waals surface area contributed by atoms with Crippen LogP contribution in [0.1, 0.15) is 11.3 Å². The van der Waals surface area contributed by atoms with Gasteiger partial charge in [-0.25, -0.2) is 9.18 Å². The number of cyclic esters (lactones) is 1. The second-order valence-electron chi connectivity index (χ2n) is 5.98. The summed E-state index contributed by atoms with van der Waals surface area (Å²) in [6, 6.07) is 17.3. The average Bonchev–Trinajstić information content (AvgIpc) is 3.29. The van der Waals surface area contributed by atoms with E-state index in [-0.39, 0.29) is 5.82 Å². The van der Waals surface area contributed by atoms with E-state index in [9.17, 15) is 9.18 Å². The first kappa shape index (κ1) is 16.8. The summed E-state index contributed by atoms with van der Waals surface area (Å²) < 4.78 is 26.3. The quantitative estimate of drug-likeness (QED) is 0.503. The molecule has 4 nitrogen and oxygen atoms in total. The predicted octanol–water partition coefficient (Wildman–Crippen LogP) is 4.61. The van der Waals surface area contributed by atoms with Crippen LogP contribution in [0.3, 0.4) is 0 Å². The number of hydrogen-bond acceptors (Lipinski definition) is 3. The zero-order valence-corrected chi connectivity index (χ0v) is 14.6. The van der Waals surface area contributed by atoms with Gasteiger partial charge < -0.3 is 14.0 Å². The number of methoxy groups -OCH3 is 1. The molecule has 0 fully saturated rings. The molecule has 4 rings (SSSR count). The van der Waals surface area contributed by atoms with E-state index in [2.05, 4.69) is 0 Å². The third-order valence-electron chi connectivity index (χ3n) is 4.30. The number of hydrogen-bond donors (Lipinski definition) is 0. The smallest absolute Gasteiger partial charge is 0.343 e. The first-order chi connectivity index (χ1) is 13.2. The van der Waals surface area contributed by atoms with Crippen LogP contribution in [0.4, 0.5) is 4.39 Å². The van der Waals surface area contributed by atoms with E-state index in [0.29, 0.717) is 22.7 Å². The Bertz CT molecular complexity index is 1060. The molecule has 5 heteroatoms. The molecule has 1 aliphatic rings. The van der Waals surface area contributed by atoms with Gasteiger partial charge in [-0.2, -0.15) is 0 Å². The predicted molar refractivity (Wildman–Crippen MR) is 101 cm³/mol. The SMILES string of the molecule is COc1ccc(C2=CC(=Cc3cccn3-c3ccccc3F)C(=O)O2)cc1. The molecule has 1 aromatic heterocycles. The summed E-state index contributed by atoms with van der Waals surface area (Å²) in [6.45, 7) is 0. The van der Waals surface area contributed by atoms with Crippen LogP contribution in [0, 0.1) is 5.82 Å². The lowest BCUT2D eigenvalue weighted by Crippen LogP contribution is -2.00. The van der Waals surface area contributed by atoms with Gasteiger partial charge in [-0.15, -0.1) is 0 Å². The van der Waals surface area contributed by atoms with Gasteiger partial charge in [-0.3, -0.25) is 0 Å². The number of ether oxygens (including phenoxy) is 2. The fourth-order valence-corrected chi connectivity index (χ4v) is 2.92. The Labute approximate surface area is 155 Å². The van der Waals surface area contributed by atoms with Gasteiger partial charge in [0.15, 0.2) is 0 Å². The van der Waals surface area contributed by atoms with Crippen LogP contribution in [0.15, 0.2) is 78.5 Å². The van der Waals surface area contributed by atoms with Crippen molar-refractivity contribution in [1.82, 2.24) is 4.57 Å². The number of halogens is 1. The molecule has 134 valence electrons. The highest BCUT2D eigenvalue weighted by molar-refractivity contribution is 6.05. The standard InChI is InChI=1S/C22H16FNO3/c1-26-18-10-8-15(9-11-18)21-14-16(22(25)27-21)13-17-5-4-12-24(17)20-7-3-2-6-19(20)23/h2-14H,1H3. The van der Waals surface area contributed by atoms with Crippen molar-refractivity contribution in [2.24, 2.45) is 0 Å². The molecule has 0 unspecified atom stereocenters. The monoisotopic (exact) mass is 361 g/mol. The molecule has 0 bridgehead atoms. The summed E-state index contributed by atoms with van der Waals surface area (Å²) in [6.07, 6.45) is 5.12. The molecule has 0 saturated carbocycles. The maximum absolute atomic E-state index is 14.1. The van der Waals surface area contributed by atoms with Crippen LogP contribution in [0.25, 0.3) is 17.5 Å². The highest BCUT2D eigenvalue weighted by atomic mass is 19.1. The first-order valence-electron chi connectivity index (χ1n) is 8.38. The molecule has 0 saturated heterocycles. The molecular formula is C22H16FNO3. The lowest BCUT2D eigenvalue weighted by atomic mass is 10.1. The Balaban J connectivity index is 1.69. The highest BCUT2D eigenvalue weighted by Gasteiger charge is 2.22. The van der Waals surface area contributed by atoms with Crippen LogP contribution in [-0.2, 0) is 9.53 Å². The minimum absolute atomic E-state index is 0.336. The number of nitrogens with zero attached hydrogens (tertiary/aromatic N) is 1. The van der Waals surface area contributed by atoms with Gasteiger partial charge in [0.2, 0.25) is 0 Å². The van der Waals surface area contributed by atoms with Gasteiger partial charge >= 0.3 is 5.97 Å². The van der Waals surface area contributed by atoms with E-state index in [0.717, 1.165) is 11.3 Å². The summed E-state index contributed by atoms with van der Waals surface area (Å²) in [5.41, 5.74) is 2.27. The topological polar surface area (TPSA) is 40.5 Å². The van der Waals surface area contributed by atoms with Crippen molar-refractivity contribution in [3.8, 4) is 11.4 Å². The number of para-hydroxylation sites is 1. The van der Waals surface area contributed by atoms with Crippen molar-refractivity contribution in [3.05, 3.63) is 95.6 Å². The van der Waals surface area contributed by atoms with Crippen molar-refractivity contribution >= 4 is 17.8 Å². The Kier molecular flexibility index (Phi) is 4.34. The number of carbonyl (C=O) groups is 1. The van der Waals surface area contributed by atoms with Crippen molar-refractivity contribution in [1.29, 1.82) is 0 Å². The molecule has 0 aliphatic carbocycles. The summed E-state index contributed by atoms with van der Waals surface area (Å²) in [4.78, 5) is 12.3. The largest absolute Gasteiger partial charge is 0.497 e. The second kappa shape index (κ2) is 6.96. The van der Waals surface area contributed by atoms with Crippen LogP contribution in [-0.4, -0.2) is 17.6 Å². The van der Waals surface area contributed by atoms with Gasteiger partial charge in [-0.05, 0) is 60.7 Å². The van der Waals surface area contributed by atoms with E-state index >= 15 is 0 Å². The normalized spacial score (nSPS) is 15.0. The summed E-state index contributed by atoms with van der Waals surface area (Å²) in [7, 11) is 1.59. The van der Waals surface area contributed by atoms with Gasteiger partial charge in [0, 0.05) is 17.5 Å². The number of rotatable bonds is 4. The molecule has 0 radical (unpaired) electrons. The minimum Gasteiger partial charge on any atom is -0.497 e. The Hall–Kier alpha value is -3.60. The van der Waals surface area contributed by atoms with E-state index < -0.39 is 5.97 Å². The second-order valence-corrected chi connectivity index (χ2v) is 5.98. The molecular weight excluding hydrogens is 345 g/mol. The Morgan fingerprint density at radius 2 is 1.81 bits per heavy atom.